The summed E-state index contributed by atoms with van der Waals surface area (Å²) >= 11 is 0. The van der Waals surface area contributed by atoms with Gasteiger partial charge in [-0.15, -0.1) is 0 Å². The molecule has 0 radical (unpaired) electrons. The molecule has 0 saturated carbocycles. The molecule has 6 nitrogen and oxygen atoms in total. The minimum Gasteiger partial charge on any atom is -0.326 e. The summed E-state index contributed by atoms with van der Waals surface area (Å²) in [7, 11) is -3.64. The molecule has 1 unspecified atom stereocenters. The summed E-state index contributed by atoms with van der Waals surface area (Å²) in [5, 5.41) is 2.72. The van der Waals surface area contributed by atoms with Gasteiger partial charge in [0.1, 0.15) is 0 Å². The number of carbonyl (C=O) groups is 1. The van der Waals surface area contributed by atoms with E-state index in [-0.39, 0.29) is 16.8 Å². The first kappa shape index (κ1) is 23.1. The molecule has 158 valence electrons. The quantitative estimate of drug-likeness (QED) is 0.588. The Kier molecular flexibility index (Phi) is 8.82. The van der Waals surface area contributed by atoms with Crippen LogP contribution >= 0.6 is 0 Å². The van der Waals surface area contributed by atoms with E-state index >= 15 is 0 Å². The highest BCUT2D eigenvalue weighted by molar-refractivity contribution is 7.89. The number of rotatable bonds is 11. The van der Waals surface area contributed by atoms with Crippen molar-refractivity contribution in [3.63, 3.8) is 0 Å². The van der Waals surface area contributed by atoms with Crippen LogP contribution in [-0.4, -0.2) is 44.9 Å². The van der Waals surface area contributed by atoms with Crippen LogP contribution < -0.4 is 10.0 Å². The van der Waals surface area contributed by atoms with E-state index in [0.29, 0.717) is 18.7 Å². The molecule has 0 bridgehead atoms. The molecular weight excluding hydrogens is 386 g/mol. The maximum absolute atomic E-state index is 12.8. The summed E-state index contributed by atoms with van der Waals surface area (Å²) in [5.74, 6) is -0.110. The third-order valence-corrected chi connectivity index (χ3v) is 6.36. The zero-order valence-corrected chi connectivity index (χ0v) is 18.2. The molecule has 0 aromatic heterocycles. The Hall–Kier alpha value is -2.22. The van der Waals surface area contributed by atoms with Crippen molar-refractivity contribution in [2.24, 2.45) is 0 Å². The molecule has 0 aliphatic rings. The summed E-state index contributed by atoms with van der Waals surface area (Å²) in [6.07, 6.45) is 1.14. The van der Waals surface area contributed by atoms with E-state index in [0.717, 1.165) is 19.5 Å². The van der Waals surface area contributed by atoms with Crippen LogP contribution in [0.15, 0.2) is 59.5 Å². The number of hydrogen-bond donors (Lipinski definition) is 2. The lowest BCUT2D eigenvalue weighted by molar-refractivity contribution is -0.115. The number of amides is 1. The van der Waals surface area contributed by atoms with E-state index in [1.165, 1.54) is 17.7 Å². The monoisotopic (exact) mass is 417 g/mol. The van der Waals surface area contributed by atoms with Gasteiger partial charge >= 0.3 is 0 Å². The first-order valence-corrected chi connectivity index (χ1v) is 11.6. The Balaban J connectivity index is 2.08. The Morgan fingerprint density at radius 2 is 1.59 bits per heavy atom. The average Bonchev–Trinajstić information content (AvgIpc) is 2.73. The van der Waals surface area contributed by atoms with Gasteiger partial charge in [0.15, 0.2) is 0 Å². The van der Waals surface area contributed by atoms with E-state index in [1.807, 2.05) is 18.2 Å². The second-order valence-corrected chi connectivity index (χ2v) is 8.61. The smallest absolute Gasteiger partial charge is 0.240 e. The van der Waals surface area contributed by atoms with Crippen molar-refractivity contribution in [3.8, 4) is 0 Å². The normalized spacial score (nSPS) is 12.7. The highest BCUT2D eigenvalue weighted by atomic mass is 32.2. The first-order chi connectivity index (χ1) is 13.9. The number of hydrogen-bond acceptors (Lipinski definition) is 4. The SMILES string of the molecule is CCC(=O)Nc1ccc(S(=O)(=O)NCC(Cc2ccccc2)N(CC)CC)cc1. The van der Waals surface area contributed by atoms with Crippen molar-refractivity contribution >= 4 is 21.6 Å². The molecule has 1 atom stereocenters. The Bertz CT molecular complexity index is 864. The van der Waals surface area contributed by atoms with Crippen molar-refractivity contribution in [2.75, 3.05) is 25.0 Å². The van der Waals surface area contributed by atoms with Gasteiger partial charge in [0, 0.05) is 24.7 Å². The number of benzene rings is 2. The first-order valence-electron chi connectivity index (χ1n) is 10.1. The van der Waals surface area contributed by atoms with Gasteiger partial charge in [0.25, 0.3) is 0 Å². The highest BCUT2D eigenvalue weighted by Crippen LogP contribution is 2.15. The van der Waals surface area contributed by atoms with Gasteiger partial charge in [-0.25, -0.2) is 13.1 Å². The third kappa shape index (κ3) is 6.96. The highest BCUT2D eigenvalue weighted by Gasteiger charge is 2.21. The van der Waals surface area contributed by atoms with Crippen LogP contribution in [0, 0.1) is 0 Å². The predicted molar refractivity (Wildman–Crippen MR) is 117 cm³/mol. The lowest BCUT2D eigenvalue weighted by atomic mass is 10.0. The maximum Gasteiger partial charge on any atom is 0.240 e. The Morgan fingerprint density at radius 3 is 2.14 bits per heavy atom. The van der Waals surface area contributed by atoms with E-state index in [2.05, 4.69) is 40.9 Å². The zero-order valence-electron chi connectivity index (χ0n) is 17.4. The summed E-state index contributed by atoms with van der Waals surface area (Å²) in [6, 6.07) is 16.4. The number of nitrogens with zero attached hydrogens (tertiary/aromatic N) is 1. The van der Waals surface area contributed by atoms with E-state index < -0.39 is 10.0 Å². The van der Waals surface area contributed by atoms with Crippen molar-refractivity contribution in [3.05, 3.63) is 60.2 Å². The van der Waals surface area contributed by atoms with Crippen molar-refractivity contribution in [1.82, 2.24) is 9.62 Å². The van der Waals surface area contributed by atoms with Gasteiger partial charge in [-0.2, -0.15) is 0 Å². The Labute approximate surface area is 174 Å². The molecule has 29 heavy (non-hydrogen) atoms. The van der Waals surface area contributed by atoms with Crippen molar-refractivity contribution < 1.29 is 13.2 Å². The van der Waals surface area contributed by atoms with E-state index in [9.17, 15) is 13.2 Å². The van der Waals surface area contributed by atoms with E-state index in [4.69, 9.17) is 0 Å². The second-order valence-electron chi connectivity index (χ2n) is 6.84. The molecule has 2 rings (SSSR count). The fourth-order valence-electron chi connectivity index (χ4n) is 3.21. The molecule has 0 spiro atoms. The molecule has 0 saturated heterocycles. The number of carbonyl (C=O) groups excluding carboxylic acids is 1. The fourth-order valence-corrected chi connectivity index (χ4v) is 4.29. The topological polar surface area (TPSA) is 78.5 Å². The molecule has 2 N–H and O–H groups in total. The molecule has 0 heterocycles. The summed E-state index contributed by atoms with van der Waals surface area (Å²) in [6.45, 7) is 7.95. The zero-order chi connectivity index (χ0) is 21.3. The predicted octanol–water partition coefficient (Wildman–Crippen LogP) is 3.27. The van der Waals surface area contributed by atoms with Gasteiger partial charge in [0.2, 0.25) is 15.9 Å². The third-order valence-electron chi connectivity index (χ3n) is 4.92. The molecule has 0 fully saturated rings. The lowest BCUT2D eigenvalue weighted by Crippen LogP contribution is -2.45. The van der Waals surface area contributed by atoms with Gasteiger partial charge in [-0.3, -0.25) is 9.69 Å². The van der Waals surface area contributed by atoms with Crippen LogP contribution in [0.4, 0.5) is 5.69 Å². The van der Waals surface area contributed by atoms with Crippen LogP contribution in [0.2, 0.25) is 0 Å². The van der Waals surface area contributed by atoms with Crippen molar-refractivity contribution in [1.29, 1.82) is 0 Å². The van der Waals surface area contributed by atoms with Gasteiger partial charge in [-0.05, 0) is 49.3 Å². The number of likely N-dealkylation sites (N-methyl/N-ethyl adjacent to an activating group) is 1. The number of nitrogens with one attached hydrogen (secondary N) is 2. The summed E-state index contributed by atoms with van der Waals surface area (Å²) in [5.41, 5.74) is 1.76. The molecule has 0 aliphatic carbocycles. The van der Waals surface area contributed by atoms with Crippen LogP contribution in [-0.2, 0) is 21.2 Å². The van der Waals surface area contributed by atoms with Crippen molar-refractivity contribution in [2.45, 2.75) is 44.6 Å². The minimum atomic E-state index is -3.64. The molecule has 7 heteroatoms. The minimum absolute atomic E-state index is 0.0605. The van der Waals surface area contributed by atoms with Crippen LogP contribution in [0.3, 0.4) is 0 Å². The molecule has 2 aromatic carbocycles. The summed E-state index contributed by atoms with van der Waals surface area (Å²) in [4.78, 5) is 13.9. The fraction of sp³-hybridized carbons (Fsp3) is 0.409. The maximum atomic E-state index is 12.8. The van der Waals surface area contributed by atoms with E-state index in [1.54, 1.807) is 19.1 Å². The Morgan fingerprint density at radius 1 is 0.966 bits per heavy atom. The van der Waals surface area contributed by atoms with Crippen LogP contribution in [0.1, 0.15) is 32.8 Å². The molecule has 2 aromatic rings. The van der Waals surface area contributed by atoms with Gasteiger partial charge in [0.05, 0.1) is 4.90 Å². The molecule has 0 aliphatic heterocycles. The van der Waals surface area contributed by atoms with Gasteiger partial charge in [-0.1, -0.05) is 51.1 Å². The largest absolute Gasteiger partial charge is 0.326 e. The number of sulfonamides is 1. The van der Waals surface area contributed by atoms with Gasteiger partial charge < -0.3 is 5.32 Å². The molecular formula is C22H31N3O3S. The average molecular weight is 418 g/mol. The van der Waals surface area contributed by atoms with Crippen LogP contribution in [0.5, 0.6) is 0 Å². The lowest BCUT2D eigenvalue weighted by Gasteiger charge is -2.30. The molecule has 1 amide bonds. The second kappa shape index (κ2) is 11.1. The van der Waals surface area contributed by atoms with Crippen LogP contribution in [0.25, 0.3) is 0 Å². The number of anilines is 1. The summed E-state index contributed by atoms with van der Waals surface area (Å²) < 4.78 is 28.3. The standard InChI is InChI=1S/C22H31N3O3S/c1-4-22(26)24-19-12-14-21(15-13-19)29(27,28)23-17-20(25(5-2)6-3)16-18-10-8-7-9-11-18/h7-15,20,23H,4-6,16-17H2,1-3H3,(H,24,26).